The predicted octanol–water partition coefficient (Wildman–Crippen LogP) is 0.447. The van der Waals surface area contributed by atoms with Gasteiger partial charge in [0.2, 0.25) is 0 Å². The van der Waals surface area contributed by atoms with Crippen LogP contribution in [0.4, 0.5) is 0 Å². The van der Waals surface area contributed by atoms with Gasteiger partial charge >= 0.3 is 5.69 Å². The van der Waals surface area contributed by atoms with Crippen molar-refractivity contribution in [1.29, 1.82) is 0 Å². The maximum absolute atomic E-state index is 11.5. The maximum Gasteiger partial charge on any atom is 0.343 e. The number of H-pyrrole nitrogens is 1. The summed E-state index contributed by atoms with van der Waals surface area (Å²) in [4.78, 5) is 14.3. The fourth-order valence-electron chi connectivity index (χ4n) is 1.99. The van der Waals surface area contributed by atoms with Crippen LogP contribution in [-0.2, 0) is 6.42 Å². The van der Waals surface area contributed by atoms with Crippen LogP contribution in [0.1, 0.15) is 38.6 Å². The van der Waals surface area contributed by atoms with Gasteiger partial charge in [-0.3, -0.25) is 4.98 Å². The number of hydrogen-bond donors (Lipinski definition) is 2. The summed E-state index contributed by atoms with van der Waals surface area (Å²) < 4.78 is 1.50. The van der Waals surface area contributed by atoms with Gasteiger partial charge in [0.1, 0.15) is 5.82 Å². The lowest BCUT2D eigenvalue weighted by atomic mass is 10.1. The van der Waals surface area contributed by atoms with E-state index < -0.39 is 0 Å². The normalized spacial score (nSPS) is 21.4. The van der Waals surface area contributed by atoms with Crippen LogP contribution < -0.4 is 11.0 Å². The van der Waals surface area contributed by atoms with Crippen molar-refractivity contribution in [3.05, 3.63) is 16.3 Å². The molecule has 1 aliphatic heterocycles. The molecular weight excluding hydrogens is 192 g/mol. The highest BCUT2D eigenvalue weighted by Crippen LogP contribution is 2.09. The lowest BCUT2D eigenvalue weighted by molar-refractivity contribution is 0.503. The fraction of sp³-hybridized carbons (Fsp3) is 0.800. The van der Waals surface area contributed by atoms with Crippen molar-refractivity contribution in [2.75, 3.05) is 6.54 Å². The van der Waals surface area contributed by atoms with Crippen molar-refractivity contribution < 1.29 is 0 Å². The number of aromatic nitrogens is 3. The molecule has 1 unspecified atom stereocenters. The zero-order chi connectivity index (χ0) is 10.8. The molecule has 1 aliphatic rings. The van der Waals surface area contributed by atoms with E-state index in [0.29, 0.717) is 6.04 Å². The minimum absolute atomic E-state index is 0.0991. The van der Waals surface area contributed by atoms with Gasteiger partial charge in [0.15, 0.2) is 0 Å². The first-order chi connectivity index (χ1) is 7.16. The Labute approximate surface area is 88.9 Å². The Bertz CT molecular complexity index is 373. The van der Waals surface area contributed by atoms with Crippen molar-refractivity contribution in [3.8, 4) is 0 Å². The average molecular weight is 210 g/mol. The van der Waals surface area contributed by atoms with Crippen LogP contribution in [-0.4, -0.2) is 27.4 Å². The highest BCUT2D eigenvalue weighted by atomic mass is 16.2. The molecule has 5 heteroatoms. The molecule has 5 nitrogen and oxygen atoms in total. The number of aromatic amines is 1. The van der Waals surface area contributed by atoms with E-state index in [4.69, 9.17) is 0 Å². The summed E-state index contributed by atoms with van der Waals surface area (Å²) >= 11 is 0. The number of nitrogens with zero attached hydrogens (tertiary/aromatic N) is 2. The second kappa shape index (κ2) is 4.18. The minimum atomic E-state index is -0.0991. The Balaban J connectivity index is 2.08. The highest BCUT2D eigenvalue weighted by molar-refractivity contribution is 4.90. The molecule has 1 atom stereocenters. The van der Waals surface area contributed by atoms with Gasteiger partial charge in [0.25, 0.3) is 0 Å². The lowest BCUT2D eigenvalue weighted by Crippen LogP contribution is -2.24. The molecule has 2 heterocycles. The smallest absolute Gasteiger partial charge is 0.314 e. The Hall–Kier alpha value is -1.10. The highest BCUT2D eigenvalue weighted by Gasteiger charge is 2.17. The van der Waals surface area contributed by atoms with Crippen LogP contribution in [0.5, 0.6) is 0 Å². The summed E-state index contributed by atoms with van der Waals surface area (Å²) in [7, 11) is 0. The Morgan fingerprint density at radius 2 is 2.40 bits per heavy atom. The summed E-state index contributed by atoms with van der Waals surface area (Å²) in [6.07, 6.45) is 3.23. The number of nitrogens with one attached hydrogen (secondary N) is 2. The summed E-state index contributed by atoms with van der Waals surface area (Å²) in [6, 6.07) is 0.607. The SMILES string of the molecule is CC(C)n1nc(CC2CCCN2)[nH]c1=O. The fourth-order valence-corrected chi connectivity index (χ4v) is 1.99. The molecule has 2 rings (SSSR count). The van der Waals surface area contributed by atoms with Crippen LogP contribution in [0.2, 0.25) is 0 Å². The van der Waals surface area contributed by atoms with Gasteiger partial charge in [0.05, 0.1) is 6.04 Å². The third-order valence-corrected chi connectivity index (χ3v) is 2.78. The molecule has 1 aromatic heterocycles. The zero-order valence-electron chi connectivity index (χ0n) is 9.29. The molecule has 0 saturated carbocycles. The van der Waals surface area contributed by atoms with Crippen molar-refractivity contribution in [2.45, 2.75) is 45.2 Å². The summed E-state index contributed by atoms with van der Waals surface area (Å²) in [5, 5.41) is 7.67. The second-order valence-electron chi connectivity index (χ2n) is 4.41. The van der Waals surface area contributed by atoms with Crippen LogP contribution in [0.3, 0.4) is 0 Å². The maximum atomic E-state index is 11.5. The van der Waals surface area contributed by atoms with Gasteiger partial charge in [0, 0.05) is 12.5 Å². The molecular formula is C10H18N4O. The number of rotatable bonds is 3. The van der Waals surface area contributed by atoms with E-state index in [9.17, 15) is 4.79 Å². The van der Waals surface area contributed by atoms with Crippen LogP contribution in [0.15, 0.2) is 4.79 Å². The molecule has 1 aromatic rings. The molecule has 0 radical (unpaired) electrons. The molecule has 0 spiro atoms. The van der Waals surface area contributed by atoms with Crippen molar-refractivity contribution in [3.63, 3.8) is 0 Å². The van der Waals surface area contributed by atoms with E-state index in [1.54, 1.807) is 0 Å². The topological polar surface area (TPSA) is 62.7 Å². The minimum Gasteiger partial charge on any atom is -0.314 e. The quantitative estimate of drug-likeness (QED) is 0.761. The first-order valence-corrected chi connectivity index (χ1v) is 5.58. The summed E-state index contributed by atoms with van der Waals surface area (Å²) in [5.74, 6) is 0.799. The van der Waals surface area contributed by atoms with Gasteiger partial charge in [-0.25, -0.2) is 9.48 Å². The molecule has 0 bridgehead atoms. The molecule has 0 aliphatic carbocycles. The van der Waals surface area contributed by atoms with Crippen molar-refractivity contribution in [1.82, 2.24) is 20.1 Å². The predicted molar refractivity (Wildman–Crippen MR) is 58.0 cm³/mol. The van der Waals surface area contributed by atoms with Gasteiger partial charge in [-0.1, -0.05) is 0 Å². The first kappa shape index (κ1) is 10.4. The van der Waals surface area contributed by atoms with Gasteiger partial charge in [-0.15, -0.1) is 0 Å². The Kier molecular flexibility index (Phi) is 2.90. The van der Waals surface area contributed by atoms with E-state index in [-0.39, 0.29) is 11.7 Å². The molecule has 0 aromatic carbocycles. The third kappa shape index (κ3) is 2.28. The zero-order valence-corrected chi connectivity index (χ0v) is 9.29. The lowest BCUT2D eigenvalue weighted by Gasteiger charge is -2.06. The number of hydrogen-bond acceptors (Lipinski definition) is 3. The van der Waals surface area contributed by atoms with Crippen molar-refractivity contribution >= 4 is 0 Å². The van der Waals surface area contributed by atoms with Gasteiger partial charge in [-0.05, 0) is 33.2 Å². The summed E-state index contributed by atoms with van der Waals surface area (Å²) in [6.45, 7) is 5.00. The van der Waals surface area contributed by atoms with E-state index in [1.165, 1.54) is 17.5 Å². The van der Waals surface area contributed by atoms with E-state index in [0.717, 1.165) is 18.8 Å². The molecule has 2 N–H and O–H groups in total. The van der Waals surface area contributed by atoms with Gasteiger partial charge in [-0.2, -0.15) is 5.10 Å². The average Bonchev–Trinajstić information content (AvgIpc) is 2.75. The molecule has 1 fully saturated rings. The summed E-state index contributed by atoms with van der Waals surface area (Å²) in [5.41, 5.74) is -0.0991. The monoisotopic (exact) mass is 210 g/mol. The molecule has 0 amide bonds. The second-order valence-corrected chi connectivity index (χ2v) is 4.41. The van der Waals surface area contributed by atoms with E-state index in [1.807, 2.05) is 13.8 Å². The van der Waals surface area contributed by atoms with Crippen LogP contribution >= 0.6 is 0 Å². The third-order valence-electron chi connectivity index (χ3n) is 2.78. The first-order valence-electron chi connectivity index (χ1n) is 5.58. The van der Waals surface area contributed by atoms with Crippen molar-refractivity contribution in [2.24, 2.45) is 0 Å². The standard InChI is InChI=1S/C10H18N4O/c1-7(2)14-10(15)12-9(13-14)6-8-4-3-5-11-8/h7-8,11H,3-6H2,1-2H3,(H,12,13,15). The van der Waals surface area contributed by atoms with Crippen LogP contribution in [0, 0.1) is 0 Å². The van der Waals surface area contributed by atoms with E-state index in [2.05, 4.69) is 15.4 Å². The largest absolute Gasteiger partial charge is 0.343 e. The molecule has 1 saturated heterocycles. The Morgan fingerprint density at radius 1 is 1.60 bits per heavy atom. The molecule has 84 valence electrons. The molecule has 15 heavy (non-hydrogen) atoms. The Morgan fingerprint density at radius 3 is 2.93 bits per heavy atom. The van der Waals surface area contributed by atoms with Crippen LogP contribution in [0.25, 0.3) is 0 Å². The van der Waals surface area contributed by atoms with Gasteiger partial charge < -0.3 is 5.32 Å². The van der Waals surface area contributed by atoms with E-state index >= 15 is 0 Å².